The first kappa shape index (κ1) is 12.5. The van der Waals surface area contributed by atoms with Crippen molar-refractivity contribution in [3.63, 3.8) is 0 Å². The van der Waals surface area contributed by atoms with Gasteiger partial charge in [-0.25, -0.2) is 0 Å². The highest BCUT2D eigenvalue weighted by molar-refractivity contribution is 5.72. The van der Waals surface area contributed by atoms with Gasteiger partial charge in [-0.2, -0.15) is 0 Å². The number of nitrogens with one attached hydrogen (secondary N) is 1. The summed E-state index contributed by atoms with van der Waals surface area (Å²) in [6.07, 6.45) is 0. The second-order valence-corrected chi connectivity index (χ2v) is 3.11. The third kappa shape index (κ3) is 4.50. The Bertz CT molecular complexity index is 288. The molecule has 1 aromatic rings. The molecular formula is C11H18N2O. The minimum Gasteiger partial charge on any atom is -0.398 e. The van der Waals surface area contributed by atoms with Crippen LogP contribution >= 0.6 is 0 Å². The fourth-order valence-corrected chi connectivity index (χ4v) is 0.827. The SMILES string of the molecule is CNC(C)=O.Cc1cccc(C)c1N. The molecule has 3 nitrogen and oxygen atoms in total. The first-order valence-electron chi connectivity index (χ1n) is 4.49. The summed E-state index contributed by atoms with van der Waals surface area (Å²) >= 11 is 0. The van der Waals surface area contributed by atoms with Crippen LogP contribution in [0.25, 0.3) is 0 Å². The zero-order valence-electron chi connectivity index (χ0n) is 9.22. The highest BCUT2D eigenvalue weighted by Crippen LogP contribution is 2.13. The number of nitrogen functional groups attached to an aromatic ring is 1. The van der Waals surface area contributed by atoms with Gasteiger partial charge in [0.15, 0.2) is 0 Å². The van der Waals surface area contributed by atoms with Gasteiger partial charge in [0.2, 0.25) is 5.91 Å². The van der Waals surface area contributed by atoms with Crippen LogP contribution in [-0.4, -0.2) is 13.0 Å². The summed E-state index contributed by atoms with van der Waals surface area (Å²) in [7, 11) is 1.60. The number of carbonyl (C=O) groups is 1. The van der Waals surface area contributed by atoms with Gasteiger partial charge in [0, 0.05) is 19.7 Å². The van der Waals surface area contributed by atoms with Crippen LogP contribution in [0.2, 0.25) is 0 Å². The number of hydrogen-bond acceptors (Lipinski definition) is 2. The maximum absolute atomic E-state index is 9.70. The van der Waals surface area contributed by atoms with E-state index in [1.54, 1.807) is 7.05 Å². The standard InChI is InChI=1S/C8H11N.C3H7NO/c1-6-4-3-5-7(2)8(6)9;1-3(5)4-2/h3-5H,9H2,1-2H3;1-2H3,(H,4,5). The van der Waals surface area contributed by atoms with Gasteiger partial charge in [-0.05, 0) is 25.0 Å². The number of carbonyl (C=O) groups excluding carboxylic acids is 1. The van der Waals surface area contributed by atoms with Crippen LogP contribution in [0.1, 0.15) is 18.1 Å². The van der Waals surface area contributed by atoms with Gasteiger partial charge >= 0.3 is 0 Å². The molecule has 0 saturated heterocycles. The monoisotopic (exact) mass is 194 g/mol. The zero-order valence-corrected chi connectivity index (χ0v) is 9.22. The molecule has 3 N–H and O–H groups in total. The van der Waals surface area contributed by atoms with E-state index in [4.69, 9.17) is 5.73 Å². The number of amides is 1. The molecule has 0 aromatic heterocycles. The molecule has 0 saturated carbocycles. The third-order valence-electron chi connectivity index (χ3n) is 1.89. The normalized spacial score (nSPS) is 8.57. The molecule has 0 fully saturated rings. The Morgan fingerprint density at radius 2 is 1.64 bits per heavy atom. The van der Waals surface area contributed by atoms with E-state index in [2.05, 4.69) is 5.32 Å². The van der Waals surface area contributed by atoms with Crippen LogP contribution in [0.4, 0.5) is 5.69 Å². The molecule has 1 amide bonds. The summed E-state index contributed by atoms with van der Waals surface area (Å²) in [4.78, 5) is 9.70. The molecule has 3 heteroatoms. The molecule has 0 aliphatic carbocycles. The van der Waals surface area contributed by atoms with Crippen molar-refractivity contribution >= 4 is 11.6 Å². The number of anilines is 1. The molecule has 0 bridgehead atoms. The van der Waals surface area contributed by atoms with E-state index >= 15 is 0 Å². The Morgan fingerprint density at radius 1 is 1.29 bits per heavy atom. The fraction of sp³-hybridized carbons (Fsp3) is 0.364. The molecule has 78 valence electrons. The van der Waals surface area contributed by atoms with E-state index in [0.717, 1.165) is 16.8 Å². The Morgan fingerprint density at radius 3 is 1.86 bits per heavy atom. The molecule has 0 aliphatic heterocycles. The molecule has 0 heterocycles. The largest absolute Gasteiger partial charge is 0.398 e. The lowest BCUT2D eigenvalue weighted by molar-refractivity contribution is -0.118. The summed E-state index contributed by atoms with van der Waals surface area (Å²) in [5, 5.41) is 2.39. The zero-order chi connectivity index (χ0) is 11.1. The maximum atomic E-state index is 9.70. The van der Waals surface area contributed by atoms with Gasteiger partial charge in [0.05, 0.1) is 0 Å². The van der Waals surface area contributed by atoms with Crippen molar-refractivity contribution in [1.82, 2.24) is 5.32 Å². The second-order valence-electron chi connectivity index (χ2n) is 3.11. The van der Waals surface area contributed by atoms with Crippen LogP contribution in [-0.2, 0) is 4.79 Å². The summed E-state index contributed by atoms with van der Waals surface area (Å²) < 4.78 is 0. The number of aryl methyl sites for hydroxylation is 2. The summed E-state index contributed by atoms with van der Waals surface area (Å²) in [6, 6.07) is 6.05. The Balaban J connectivity index is 0.000000292. The summed E-state index contributed by atoms with van der Waals surface area (Å²) in [5.41, 5.74) is 8.92. The molecular weight excluding hydrogens is 176 g/mol. The van der Waals surface area contributed by atoms with E-state index in [1.165, 1.54) is 6.92 Å². The topological polar surface area (TPSA) is 55.1 Å². The van der Waals surface area contributed by atoms with E-state index in [-0.39, 0.29) is 5.91 Å². The van der Waals surface area contributed by atoms with Crippen molar-refractivity contribution in [2.45, 2.75) is 20.8 Å². The minimum absolute atomic E-state index is 0.00463. The van der Waals surface area contributed by atoms with Crippen molar-refractivity contribution in [2.24, 2.45) is 0 Å². The van der Waals surface area contributed by atoms with Crippen molar-refractivity contribution in [3.8, 4) is 0 Å². The highest BCUT2D eigenvalue weighted by Gasteiger charge is 1.92. The first-order valence-corrected chi connectivity index (χ1v) is 4.49. The van der Waals surface area contributed by atoms with E-state index in [1.807, 2.05) is 32.0 Å². The van der Waals surface area contributed by atoms with Gasteiger partial charge in [-0.1, -0.05) is 18.2 Å². The number of benzene rings is 1. The lowest BCUT2D eigenvalue weighted by Gasteiger charge is -2.00. The number of rotatable bonds is 0. The average molecular weight is 194 g/mol. The third-order valence-corrected chi connectivity index (χ3v) is 1.89. The maximum Gasteiger partial charge on any atom is 0.216 e. The van der Waals surface area contributed by atoms with Crippen LogP contribution in [0.3, 0.4) is 0 Å². The highest BCUT2D eigenvalue weighted by atomic mass is 16.1. The van der Waals surface area contributed by atoms with Crippen LogP contribution in [0.15, 0.2) is 18.2 Å². The van der Waals surface area contributed by atoms with Gasteiger partial charge in [-0.15, -0.1) is 0 Å². The predicted octanol–water partition coefficient (Wildman–Crippen LogP) is 1.64. The molecule has 0 spiro atoms. The minimum atomic E-state index is 0.00463. The molecule has 1 aromatic carbocycles. The molecule has 0 aliphatic rings. The Hall–Kier alpha value is -1.51. The average Bonchev–Trinajstić information content (AvgIpc) is 2.15. The second kappa shape index (κ2) is 6.02. The molecule has 0 unspecified atom stereocenters. The van der Waals surface area contributed by atoms with Crippen LogP contribution < -0.4 is 11.1 Å². The molecule has 0 radical (unpaired) electrons. The summed E-state index contributed by atoms with van der Waals surface area (Å²) in [6.45, 7) is 5.50. The Labute approximate surface area is 85.3 Å². The smallest absolute Gasteiger partial charge is 0.216 e. The number of nitrogens with two attached hydrogens (primary N) is 1. The van der Waals surface area contributed by atoms with Gasteiger partial charge < -0.3 is 11.1 Å². The van der Waals surface area contributed by atoms with Crippen molar-refractivity contribution in [3.05, 3.63) is 29.3 Å². The van der Waals surface area contributed by atoms with Crippen LogP contribution in [0.5, 0.6) is 0 Å². The van der Waals surface area contributed by atoms with Crippen molar-refractivity contribution < 1.29 is 4.79 Å². The van der Waals surface area contributed by atoms with Gasteiger partial charge in [0.1, 0.15) is 0 Å². The van der Waals surface area contributed by atoms with E-state index in [9.17, 15) is 4.79 Å². The van der Waals surface area contributed by atoms with E-state index < -0.39 is 0 Å². The Kier molecular flexibility index (Phi) is 5.37. The van der Waals surface area contributed by atoms with E-state index in [0.29, 0.717) is 0 Å². The lowest BCUT2D eigenvalue weighted by atomic mass is 10.1. The number of para-hydroxylation sites is 1. The fourth-order valence-electron chi connectivity index (χ4n) is 0.827. The van der Waals surface area contributed by atoms with Crippen molar-refractivity contribution in [1.29, 1.82) is 0 Å². The van der Waals surface area contributed by atoms with Crippen LogP contribution in [0, 0.1) is 13.8 Å². The number of hydrogen-bond donors (Lipinski definition) is 2. The molecule has 1 rings (SSSR count). The van der Waals surface area contributed by atoms with Gasteiger partial charge in [0.25, 0.3) is 0 Å². The quantitative estimate of drug-likeness (QED) is 0.617. The van der Waals surface area contributed by atoms with Gasteiger partial charge in [-0.3, -0.25) is 4.79 Å². The molecule has 0 atom stereocenters. The summed E-state index contributed by atoms with van der Waals surface area (Å²) in [5.74, 6) is 0.00463. The molecule has 14 heavy (non-hydrogen) atoms. The first-order chi connectivity index (χ1) is 6.49. The van der Waals surface area contributed by atoms with Crippen molar-refractivity contribution in [2.75, 3.05) is 12.8 Å². The lowest BCUT2D eigenvalue weighted by Crippen LogP contribution is -2.11. The predicted molar refractivity (Wildman–Crippen MR) is 60.1 cm³/mol.